The van der Waals surface area contributed by atoms with Crippen molar-refractivity contribution in [1.82, 2.24) is 10.2 Å². The molecule has 1 atom stereocenters. The minimum absolute atomic E-state index is 0.0139. The molecule has 2 amide bonds. The summed E-state index contributed by atoms with van der Waals surface area (Å²) in [7, 11) is 0. The number of amides is 2. The van der Waals surface area contributed by atoms with Crippen molar-refractivity contribution < 1.29 is 9.59 Å². The Morgan fingerprint density at radius 2 is 1.95 bits per heavy atom. The van der Waals surface area contributed by atoms with Gasteiger partial charge >= 0.3 is 0 Å². The maximum absolute atomic E-state index is 12.6. The molecule has 21 heavy (non-hydrogen) atoms. The molecule has 0 aromatic heterocycles. The Bertz CT molecular complexity index is 378. The molecule has 3 N–H and O–H groups in total. The highest BCUT2D eigenvalue weighted by molar-refractivity contribution is 5.77. The molecule has 2 rings (SSSR count). The number of nitrogens with two attached hydrogens (primary N) is 1. The molecule has 0 aromatic carbocycles. The lowest BCUT2D eigenvalue weighted by atomic mass is 9.71. The van der Waals surface area contributed by atoms with E-state index in [1.807, 2.05) is 4.90 Å². The van der Waals surface area contributed by atoms with Gasteiger partial charge in [-0.05, 0) is 37.6 Å². The predicted octanol–water partition coefficient (Wildman–Crippen LogP) is 1.41. The van der Waals surface area contributed by atoms with E-state index in [0.29, 0.717) is 19.5 Å². The zero-order valence-corrected chi connectivity index (χ0v) is 13.2. The van der Waals surface area contributed by atoms with E-state index in [1.165, 1.54) is 26.2 Å². The van der Waals surface area contributed by atoms with Gasteiger partial charge in [0, 0.05) is 32.5 Å². The second kappa shape index (κ2) is 7.25. The average Bonchev–Trinajstić information content (AvgIpc) is 2.48. The van der Waals surface area contributed by atoms with E-state index in [2.05, 4.69) is 5.32 Å². The van der Waals surface area contributed by atoms with Crippen LogP contribution in [-0.2, 0) is 9.59 Å². The fourth-order valence-electron chi connectivity index (χ4n) is 3.80. The van der Waals surface area contributed by atoms with Gasteiger partial charge in [-0.15, -0.1) is 0 Å². The molecule has 5 nitrogen and oxygen atoms in total. The molecule has 0 spiro atoms. The van der Waals surface area contributed by atoms with Crippen LogP contribution < -0.4 is 11.1 Å². The Kier molecular flexibility index (Phi) is 5.62. The van der Waals surface area contributed by atoms with Crippen molar-refractivity contribution in [1.29, 1.82) is 0 Å². The van der Waals surface area contributed by atoms with Gasteiger partial charge in [0.05, 0.1) is 0 Å². The zero-order valence-electron chi connectivity index (χ0n) is 13.2. The second-order valence-electron chi connectivity index (χ2n) is 6.82. The van der Waals surface area contributed by atoms with E-state index in [1.54, 1.807) is 0 Å². The normalized spacial score (nSPS) is 25.4. The average molecular weight is 295 g/mol. The molecule has 1 saturated carbocycles. The van der Waals surface area contributed by atoms with E-state index < -0.39 is 0 Å². The van der Waals surface area contributed by atoms with Crippen molar-refractivity contribution in [2.45, 2.75) is 64.3 Å². The molecule has 0 bridgehead atoms. The molecule has 1 heterocycles. The summed E-state index contributed by atoms with van der Waals surface area (Å²) in [6.07, 6.45) is 8.33. The zero-order chi connectivity index (χ0) is 15.3. The molecule has 2 fully saturated rings. The minimum atomic E-state index is -0.0139. The topological polar surface area (TPSA) is 75.4 Å². The van der Waals surface area contributed by atoms with Crippen LogP contribution in [0.4, 0.5) is 0 Å². The molecule has 2 aliphatic rings. The Labute approximate surface area is 127 Å². The number of hydrogen-bond donors (Lipinski definition) is 2. The van der Waals surface area contributed by atoms with Crippen LogP contribution in [0.25, 0.3) is 0 Å². The first kappa shape index (κ1) is 16.3. The second-order valence-corrected chi connectivity index (χ2v) is 6.82. The van der Waals surface area contributed by atoms with E-state index in [9.17, 15) is 9.59 Å². The first-order valence-corrected chi connectivity index (χ1v) is 8.30. The molecule has 5 heteroatoms. The fraction of sp³-hybridized carbons (Fsp3) is 0.875. The maximum Gasteiger partial charge on any atom is 0.223 e. The summed E-state index contributed by atoms with van der Waals surface area (Å²) in [5, 5.41) is 2.94. The van der Waals surface area contributed by atoms with Gasteiger partial charge in [0.15, 0.2) is 0 Å². The fourth-order valence-corrected chi connectivity index (χ4v) is 3.80. The summed E-state index contributed by atoms with van der Waals surface area (Å²) in [5.41, 5.74) is 6.01. The Morgan fingerprint density at radius 3 is 2.57 bits per heavy atom. The number of carbonyl (C=O) groups excluding carboxylic acids is 2. The lowest BCUT2D eigenvalue weighted by molar-refractivity contribution is -0.136. The number of likely N-dealkylation sites (tertiary alicyclic amines) is 1. The van der Waals surface area contributed by atoms with Crippen LogP contribution in [0.1, 0.15) is 58.3 Å². The molecule has 1 saturated heterocycles. The number of hydrogen-bond acceptors (Lipinski definition) is 3. The van der Waals surface area contributed by atoms with Crippen molar-refractivity contribution in [3.05, 3.63) is 0 Å². The first-order valence-electron chi connectivity index (χ1n) is 8.30. The van der Waals surface area contributed by atoms with Gasteiger partial charge in [-0.3, -0.25) is 9.59 Å². The quantitative estimate of drug-likeness (QED) is 0.823. The van der Waals surface area contributed by atoms with Gasteiger partial charge in [-0.25, -0.2) is 0 Å². The number of carbonyl (C=O) groups is 2. The summed E-state index contributed by atoms with van der Waals surface area (Å²) in [6.45, 7) is 3.61. The minimum Gasteiger partial charge on any atom is -0.352 e. The van der Waals surface area contributed by atoms with Gasteiger partial charge in [-0.1, -0.05) is 19.3 Å². The predicted molar refractivity (Wildman–Crippen MR) is 82.6 cm³/mol. The van der Waals surface area contributed by atoms with Crippen molar-refractivity contribution in [3.8, 4) is 0 Å². The largest absolute Gasteiger partial charge is 0.352 e. The number of nitrogens with one attached hydrogen (secondary N) is 1. The van der Waals surface area contributed by atoms with Crippen molar-refractivity contribution in [2.24, 2.45) is 11.1 Å². The number of rotatable bonds is 4. The highest BCUT2D eigenvalue weighted by atomic mass is 16.2. The standard InChI is InChI=1S/C16H29N3O2/c1-13(20)18-14-6-5-9-19(11-14)15(21)10-16(12-17)7-3-2-4-8-16/h14H,2-12,17H2,1H3,(H,18,20). The van der Waals surface area contributed by atoms with Crippen molar-refractivity contribution >= 4 is 11.8 Å². The first-order chi connectivity index (χ1) is 10.0. The monoisotopic (exact) mass is 295 g/mol. The smallest absolute Gasteiger partial charge is 0.223 e. The van der Waals surface area contributed by atoms with Crippen LogP contribution in [0, 0.1) is 5.41 Å². The summed E-state index contributed by atoms with van der Waals surface area (Å²) in [5.74, 6) is 0.206. The highest BCUT2D eigenvalue weighted by Crippen LogP contribution is 2.38. The summed E-state index contributed by atoms with van der Waals surface area (Å²) >= 11 is 0. The summed E-state index contributed by atoms with van der Waals surface area (Å²) < 4.78 is 0. The van der Waals surface area contributed by atoms with Crippen LogP contribution in [0.2, 0.25) is 0 Å². The molecule has 1 aliphatic heterocycles. The van der Waals surface area contributed by atoms with E-state index in [0.717, 1.165) is 32.2 Å². The Morgan fingerprint density at radius 1 is 1.24 bits per heavy atom. The maximum atomic E-state index is 12.6. The van der Waals surface area contributed by atoms with Gasteiger partial charge in [0.2, 0.25) is 11.8 Å². The lowest BCUT2D eigenvalue weighted by Gasteiger charge is -2.39. The van der Waals surface area contributed by atoms with Crippen molar-refractivity contribution in [3.63, 3.8) is 0 Å². The van der Waals surface area contributed by atoms with Gasteiger partial charge < -0.3 is 16.0 Å². The van der Waals surface area contributed by atoms with Crippen molar-refractivity contribution in [2.75, 3.05) is 19.6 Å². The summed E-state index contributed by atoms with van der Waals surface area (Å²) in [4.78, 5) is 25.7. The Balaban J connectivity index is 1.91. The SMILES string of the molecule is CC(=O)NC1CCCN(C(=O)CC2(CN)CCCCC2)C1. The molecule has 0 aromatic rings. The Hall–Kier alpha value is -1.10. The van der Waals surface area contributed by atoms with Crippen LogP contribution in [0.5, 0.6) is 0 Å². The van der Waals surface area contributed by atoms with E-state index in [4.69, 9.17) is 5.73 Å². The van der Waals surface area contributed by atoms with E-state index >= 15 is 0 Å². The molecular weight excluding hydrogens is 266 g/mol. The number of nitrogens with zero attached hydrogens (tertiary/aromatic N) is 1. The molecule has 1 unspecified atom stereocenters. The van der Waals surface area contributed by atoms with Crippen LogP contribution >= 0.6 is 0 Å². The third kappa shape index (κ3) is 4.43. The van der Waals surface area contributed by atoms with Gasteiger partial charge in [0.1, 0.15) is 0 Å². The lowest BCUT2D eigenvalue weighted by Crippen LogP contribution is -2.50. The molecule has 0 radical (unpaired) electrons. The molecule has 1 aliphatic carbocycles. The van der Waals surface area contributed by atoms with E-state index in [-0.39, 0.29) is 23.3 Å². The van der Waals surface area contributed by atoms with Crippen LogP contribution in [0.3, 0.4) is 0 Å². The number of piperidine rings is 1. The van der Waals surface area contributed by atoms with Crippen LogP contribution in [0.15, 0.2) is 0 Å². The van der Waals surface area contributed by atoms with Gasteiger partial charge in [0.25, 0.3) is 0 Å². The van der Waals surface area contributed by atoms with Crippen LogP contribution in [-0.4, -0.2) is 42.4 Å². The highest BCUT2D eigenvalue weighted by Gasteiger charge is 2.35. The summed E-state index contributed by atoms with van der Waals surface area (Å²) in [6, 6.07) is 0.111. The third-order valence-corrected chi connectivity index (χ3v) is 5.05. The molecular formula is C16H29N3O2. The third-order valence-electron chi connectivity index (χ3n) is 5.05. The van der Waals surface area contributed by atoms with Gasteiger partial charge in [-0.2, -0.15) is 0 Å². The molecule has 120 valence electrons.